The largest absolute Gasteiger partial charge is 0.399 e. The maximum absolute atomic E-state index is 11.9. The van der Waals surface area contributed by atoms with Crippen molar-refractivity contribution in [3.8, 4) is 0 Å². The Hall–Kier alpha value is -1.59. The smallest absolute Gasteiger partial charge is 0.238 e. The summed E-state index contributed by atoms with van der Waals surface area (Å²) in [7, 11) is 0. The van der Waals surface area contributed by atoms with Crippen LogP contribution in [-0.4, -0.2) is 43.2 Å². The van der Waals surface area contributed by atoms with E-state index in [1.165, 1.54) is 0 Å². The first-order valence-electron chi connectivity index (χ1n) is 6.12. The summed E-state index contributed by atoms with van der Waals surface area (Å²) < 4.78 is 5.34. The minimum atomic E-state index is -0.00600. The van der Waals surface area contributed by atoms with Gasteiger partial charge in [0.25, 0.3) is 0 Å². The lowest BCUT2D eigenvalue weighted by molar-refractivity contribution is -0.119. The number of ether oxygens (including phenoxy) is 1. The maximum atomic E-state index is 11.9. The molecule has 0 aromatic heterocycles. The number of hydrogen-bond acceptors (Lipinski definition) is 4. The van der Waals surface area contributed by atoms with Crippen LogP contribution in [0.3, 0.4) is 0 Å². The number of nitrogens with zero attached hydrogens (tertiary/aromatic N) is 1. The first kappa shape index (κ1) is 12.9. The van der Waals surface area contributed by atoms with Gasteiger partial charge in [0.2, 0.25) is 5.91 Å². The minimum absolute atomic E-state index is 0.00600. The second kappa shape index (κ2) is 5.84. The quantitative estimate of drug-likeness (QED) is 0.782. The number of anilines is 2. The molecule has 18 heavy (non-hydrogen) atoms. The zero-order valence-corrected chi connectivity index (χ0v) is 10.6. The van der Waals surface area contributed by atoms with Gasteiger partial charge in [-0.1, -0.05) is 0 Å². The predicted molar refractivity (Wildman–Crippen MR) is 71.3 cm³/mol. The lowest BCUT2D eigenvalue weighted by Crippen LogP contribution is -2.47. The number of carbonyl (C=O) groups is 1. The molecule has 1 fully saturated rings. The van der Waals surface area contributed by atoms with E-state index in [1.807, 2.05) is 0 Å². The average Bonchev–Trinajstić information content (AvgIpc) is 2.35. The average molecular weight is 249 g/mol. The van der Waals surface area contributed by atoms with Crippen LogP contribution in [0.4, 0.5) is 11.4 Å². The molecule has 0 saturated carbocycles. The van der Waals surface area contributed by atoms with Crippen molar-refractivity contribution in [1.29, 1.82) is 0 Å². The van der Waals surface area contributed by atoms with Crippen molar-refractivity contribution in [2.75, 3.05) is 37.4 Å². The van der Waals surface area contributed by atoms with E-state index in [9.17, 15) is 4.79 Å². The molecule has 1 saturated heterocycles. The van der Waals surface area contributed by atoms with Crippen LogP contribution in [-0.2, 0) is 9.53 Å². The van der Waals surface area contributed by atoms with E-state index in [-0.39, 0.29) is 11.9 Å². The van der Waals surface area contributed by atoms with Gasteiger partial charge in [-0.3, -0.25) is 9.69 Å². The van der Waals surface area contributed by atoms with Crippen LogP contribution in [0.25, 0.3) is 0 Å². The standard InChI is InChI=1S/C13H19N3O2/c1-10-9-18-7-6-16(10)8-13(17)15-12-4-2-11(14)3-5-12/h2-5,10H,6-9,14H2,1H3,(H,15,17). The molecule has 0 bridgehead atoms. The zero-order chi connectivity index (χ0) is 13.0. The monoisotopic (exact) mass is 249 g/mol. The van der Waals surface area contributed by atoms with Gasteiger partial charge in [0.05, 0.1) is 19.8 Å². The number of benzene rings is 1. The molecule has 5 nitrogen and oxygen atoms in total. The summed E-state index contributed by atoms with van der Waals surface area (Å²) in [6.45, 7) is 4.65. The second-order valence-corrected chi connectivity index (χ2v) is 4.56. The number of nitrogens with two attached hydrogens (primary N) is 1. The molecule has 5 heteroatoms. The summed E-state index contributed by atoms with van der Waals surface area (Å²) in [6.07, 6.45) is 0. The molecule has 1 heterocycles. The van der Waals surface area contributed by atoms with Gasteiger partial charge in [-0.05, 0) is 31.2 Å². The summed E-state index contributed by atoms with van der Waals surface area (Å²) >= 11 is 0. The highest BCUT2D eigenvalue weighted by Crippen LogP contribution is 2.11. The van der Waals surface area contributed by atoms with Gasteiger partial charge in [-0.15, -0.1) is 0 Å². The molecule has 0 aliphatic carbocycles. The molecule has 1 unspecified atom stereocenters. The number of carbonyl (C=O) groups excluding carboxylic acids is 1. The fraction of sp³-hybridized carbons (Fsp3) is 0.462. The third-order valence-corrected chi connectivity index (χ3v) is 3.05. The van der Waals surface area contributed by atoms with Crippen LogP contribution in [0.15, 0.2) is 24.3 Å². The summed E-state index contributed by atoms with van der Waals surface area (Å²) in [5.74, 6) is -0.00600. The lowest BCUT2D eigenvalue weighted by Gasteiger charge is -2.32. The molecule has 1 aromatic carbocycles. The van der Waals surface area contributed by atoms with Crippen LogP contribution in [0.5, 0.6) is 0 Å². The Bertz CT molecular complexity index is 405. The number of amides is 1. The number of morpholine rings is 1. The number of nitrogen functional groups attached to an aromatic ring is 1. The molecule has 0 radical (unpaired) electrons. The first-order chi connectivity index (χ1) is 8.65. The Morgan fingerprint density at radius 3 is 2.89 bits per heavy atom. The van der Waals surface area contributed by atoms with E-state index in [1.54, 1.807) is 24.3 Å². The van der Waals surface area contributed by atoms with E-state index < -0.39 is 0 Å². The van der Waals surface area contributed by atoms with E-state index >= 15 is 0 Å². The normalized spacial score (nSPS) is 20.6. The molecule has 1 atom stereocenters. The van der Waals surface area contributed by atoms with E-state index in [0.717, 1.165) is 12.2 Å². The van der Waals surface area contributed by atoms with E-state index in [0.29, 0.717) is 25.4 Å². The summed E-state index contributed by atoms with van der Waals surface area (Å²) in [5, 5.41) is 2.86. The van der Waals surface area contributed by atoms with Crippen LogP contribution >= 0.6 is 0 Å². The summed E-state index contributed by atoms with van der Waals surface area (Å²) in [6, 6.07) is 7.43. The van der Waals surface area contributed by atoms with Gasteiger partial charge in [0.15, 0.2) is 0 Å². The van der Waals surface area contributed by atoms with Crippen LogP contribution in [0.2, 0.25) is 0 Å². The molecule has 1 amide bonds. The molecule has 1 aromatic rings. The van der Waals surface area contributed by atoms with Crippen molar-refractivity contribution >= 4 is 17.3 Å². The molecular formula is C13H19N3O2. The van der Waals surface area contributed by atoms with Crippen LogP contribution in [0, 0.1) is 0 Å². The molecule has 0 spiro atoms. The second-order valence-electron chi connectivity index (χ2n) is 4.56. The van der Waals surface area contributed by atoms with Crippen LogP contribution < -0.4 is 11.1 Å². The SMILES string of the molecule is CC1COCCN1CC(=O)Nc1ccc(N)cc1. The zero-order valence-electron chi connectivity index (χ0n) is 10.6. The maximum Gasteiger partial charge on any atom is 0.238 e. The van der Waals surface area contributed by atoms with Crippen molar-refractivity contribution < 1.29 is 9.53 Å². The predicted octanol–water partition coefficient (Wildman–Crippen LogP) is 0.928. The molecule has 98 valence electrons. The highest BCUT2D eigenvalue weighted by atomic mass is 16.5. The van der Waals surface area contributed by atoms with Crippen molar-refractivity contribution in [2.24, 2.45) is 0 Å². The fourth-order valence-electron chi connectivity index (χ4n) is 1.95. The van der Waals surface area contributed by atoms with Crippen molar-refractivity contribution in [3.05, 3.63) is 24.3 Å². The molecule has 2 rings (SSSR count). The molecule has 1 aliphatic rings. The van der Waals surface area contributed by atoms with Gasteiger partial charge in [0, 0.05) is 24.0 Å². The third-order valence-electron chi connectivity index (χ3n) is 3.05. The molecule has 1 aliphatic heterocycles. The number of rotatable bonds is 3. The number of nitrogens with one attached hydrogen (secondary N) is 1. The van der Waals surface area contributed by atoms with E-state index in [2.05, 4.69) is 17.1 Å². The van der Waals surface area contributed by atoms with E-state index in [4.69, 9.17) is 10.5 Å². The number of hydrogen-bond donors (Lipinski definition) is 2. The first-order valence-corrected chi connectivity index (χ1v) is 6.12. The summed E-state index contributed by atoms with van der Waals surface area (Å²) in [4.78, 5) is 14.0. The van der Waals surface area contributed by atoms with Gasteiger partial charge >= 0.3 is 0 Å². The molecule has 3 N–H and O–H groups in total. The van der Waals surface area contributed by atoms with Crippen LogP contribution in [0.1, 0.15) is 6.92 Å². The third kappa shape index (κ3) is 3.45. The highest BCUT2D eigenvalue weighted by Gasteiger charge is 2.20. The van der Waals surface area contributed by atoms with Gasteiger partial charge < -0.3 is 15.8 Å². The Labute approximate surface area is 107 Å². The Balaban J connectivity index is 1.86. The van der Waals surface area contributed by atoms with Crippen molar-refractivity contribution in [2.45, 2.75) is 13.0 Å². The van der Waals surface area contributed by atoms with Crippen molar-refractivity contribution in [1.82, 2.24) is 4.90 Å². The topological polar surface area (TPSA) is 67.6 Å². The Morgan fingerprint density at radius 2 is 2.22 bits per heavy atom. The minimum Gasteiger partial charge on any atom is -0.399 e. The highest BCUT2D eigenvalue weighted by molar-refractivity contribution is 5.92. The molecular weight excluding hydrogens is 230 g/mol. The Morgan fingerprint density at radius 1 is 1.50 bits per heavy atom. The summed E-state index contributed by atoms with van der Waals surface area (Å²) in [5.41, 5.74) is 7.05. The van der Waals surface area contributed by atoms with Gasteiger partial charge in [-0.25, -0.2) is 0 Å². The Kier molecular flexibility index (Phi) is 4.17. The lowest BCUT2D eigenvalue weighted by atomic mass is 10.2. The fourth-order valence-corrected chi connectivity index (χ4v) is 1.95. The van der Waals surface area contributed by atoms with Gasteiger partial charge in [-0.2, -0.15) is 0 Å². The van der Waals surface area contributed by atoms with Crippen molar-refractivity contribution in [3.63, 3.8) is 0 Å². The van der Waals surface area contributed by atoms with Gasteiger partial charge in [0.1, 0.15) is 0 Å².